The summed E-state index contributed by atoms with van der Waals surface area (Å²) in [7, 11) is 0. The average molecular weight is 276 g/mol. The average Bonchev–Trinajstić information content (AvgIpc) is 2.71. The first-order valence-electron chi connectivity index (χ1n) is 6.77. The lowest BCUT2D eigenvalue weighted by Crippen LogP contribution is -2.29. The van der Waals surface area contributed by atoms with Crippen molar-refractivity contribution in [1.82, 2.24) is 4.90 Å². The normalized spacial score (nSPS) is 16.0. The molecule has 0 unspecified atom stereocenters. The fourth-order valence-corrected chi connectivity index (χ4v) is 1.99. The molecule has 0 saturated heterocycles. The molecule has 0 fully saturated rings. The summed E-state index contributed by atoms with van der Waals surface area (Å²) in [6.07, 6.45) is 0. The number of benzene rings is 2. The molecule has 1 heterocycles. The maximum Gasteiger partial charge on any atom is 0.261 e. The standard InChI is InChI=1S/C15H9F2NO2/c16-10-6-5-9(13(17)7-10)8-18-14(19)11-3-1-2-4-12(11)15(18)20/h1-7H,8H2/i8D2,18+1. The van der Waals surface area contributed by atoms with Gasteiger partial charge in [0.15, 0.2) is 0 Å². The third kappa shape index (κ3) is 1.87. The van der Waals surface area contributed by atoms with E-state index in [0.29, 0.717) is 11.0 Å². The van der Waals surface area contributed by atoms with Gasteiger partial charge in [0.05, 0.1) is 20.4 Å². The number of hydrogen-bond acceptors (Lipinski definition) is 2. The second-order valence-electron chi connectivity index (χ2n) is 4.23. The van der Waals surface area contributed by atoms with Crippen LogP contribution in [0.25, 0.3) is 0 Å². The molecule has 0 aliphatic carbocycles. The summed E-state index contributed by atoms with van der Waals surface area (Å²) in [4.78, 5) is 24.9. The van der Waals surface area contributed by atoms with E-state index in [2.05, 4.69) is 0 Å². The Morgan fingerprint density at radius 1 is 1.00 bits per heavy atom. The predicted molar refractivity (Wildman–Crippen MR) is 67.0 cm³/mol. The Kier molecular flexibility index (Phi) is 2.32. The Labute approximate surface area is 116 Å². The minimum absolute atomic E-state index is 0.0545. The predicted octanol–water partition coefficient (Wildman–Crippen LogP) is 2.76. The smallest absolute Gasteiger partial charge is 0.261 e. The van der Waals surface area contributed by atoms with Gasteiger partial charge >= 0.3 is 0 Å². The number of rotatable bonds is 2. The molecule has 0 radical (unpaired) electrons. The van der Waals surface area contributed by atoms with Gasteiger partial charge in [-0.25, -0.2) is 8.78 Å². The van der Waals surface area contributed by atoms with Crippen LogP contribution in [0.3, 0.4) is 0 Å². The Hall–Kier alpha value is -2.56. The van der Waals surface area contributed by atoms with Crippen LogP contribution in [-0.2, 0) is 6.50 Å². The molecule has 0 N–H and O–H groups in total. The molecule has 20 heavy (non-hydrogen) atoms. The molecular weight excluding hydrogens is 265 g/mol. The largest absolute Gasteiger partial charge is 0.270 e. The zero-order chi connectivity index (χ0) is 16.1. The van der Waals surface area contributed by atoms with E-state index in [1.54, 1.807) is 12.1 Å². The van der Waals surface area contributed by atoms with Crippen LogP contribution in [0.5, 0.6) is 0 Å². The van der Waals surface area contributed by atoms with Gasteiger partial charge in [-0.05, 0) is 18.2 Å². The molecule has 3 rings (SSSR count). The SMILES string of the molecule is [2H]C([2H])(c1ccc(F)cc1F)[15N]1C(=O)c2ccccc2C1=O. The number of carbonyl (C=O) groups is 2. The van der Waals surface area contributed by atoms with E-state index in [-0.39, 0.29) is 11.1 Å². The van der Waals surface area contributed by atoms with Crippen LogP contribution in [-0.4, -0.2) is 16.7 Å². The highest BCUT2D eigenvalue weighted by atomic mass is 19.1. The van der Waals surface area contributed by atoms with E-state index in [1.807, 2.05) is 0 Å². The third-order valence-corrected chi connectivity index (χ3v) is 2.96. The van der Waals surface area contributed by atoms with Gasteiger partial charge < -0.3 is 0 Å². The van der Waals surface area contributed by atoms with Gasteiger partial charge in [-0.2, -0.15) is 0 Å². The molecule has 0 atom stereocenters. The molecule has 2 aromatic rings. The first-order chi connectivity index (χ1) is 10.3. The Bertz CT molecular complexity index is 773. The van der Waals surface area contributed by atoms with Crippen molar-refractivity contribution in [3.63, 3.8) is 0 Å². The molecule has 2 aromatic carbocycles. The zero-order valence-electron chi connectivity index (χ0n) is 12.1. The monoisotopic (exact) mass is 276 g/mol. The number of imide groups is 1. The second kappa shape index (κ2) is 4.52. The number of carbonyl (C=O) groups excluding carboxylic acids is 2. The quantitative estimate of drug-likeness (QED) is 0.624. The van der Waals surface area contributed by atoms with E-state index >= 15 is 0 Å². The van der Waals surface area contributed by atoms with Gasteiger partial charge in [-0.1, -0.05) is 18.2 Å². The molecule has 5 heteroatoms. The van der Waals surface area contributed by atoms with Gasteiger partial charge in [0.25, 0.3) is 11.8 Å². The van der Waals surface area contributed by atoms with Crippen molar-refractivity contribution in [1.29, 1.82) is 0 Å². The van der Waals surface area contributed by atoms with Crippen molar-refractivity contribution < 1.29 is 21.1 Å². The lowest BCUT2D eigenvalue weighted by atomic mass is 10.1. The molecule has 3 nitrogen and oxygen atoms in total. The Balaban J connectivity index is 2.11. The van der Waals surface area contributed by atoms with Crippen LogP contribution in [0, 0.1) is 11.6 Å². The number of fused-ring (bicyclic) bond motifs is 1. The van der Waals surface area contributed by atoms with Crippen molar-refractivity contribution in [2.75, 3.05) is 0 Å². The van der Waals surface area contributed by atoms with Crippen molar-refractivity contribution in [2.24, 2.45) is 0 Å². The van der Waals surface area contributed by atoms with Crippen molar-refractivity contribution >= 4 is 11.8 Å². The number of halogens is 2. The number of amides is 2. The summed E-state index contributed by atoms with van der Waals surface area (Å²) in [5.74, 6) is -3.75. The fourth-order valence-electron chi connectivity index (χ4n) is 1.99. The van der Waals surface area contributed by atoms with Gasteiger partial charge in [0.1, 0.15) is 11.6 Å². The van der Waals surface area contributed by atoms with Crippen LogP contribution in [0.4, 0.5) is 8.78 Å². The molecule has 100 valence electrons. The van der Waals surface area contributed by atoms with Gasteiger partial charge in [-0.3, -0.25) is 14.5 Å². The van der Waals surface area contributed by atoms with Gasteiger partial charge in [0.2, 0.25) is 0 Å². The highest BCUT2D eigenvalue weighted by molar-refractivity contribution is 6.21. The van der Waals surface area contributed by atoms with E-state index in [1.165, 1.54) is 12.1 Å². The third-order valence-electron chi connectivity index (χ3n) is 2.96. The number of nitrogens with zero attached hydrogens (tertiary/aromatic N) is 1. The van der Waals surface area contributed by atoms with Gasteiger partial charge in [-0.15, -0.1) is 0 Å². The van der Waals surface area contributed by atoms with Crippen LogP contribution in [0.2, 0.25) is 0 Å². The molecule has 0 saturated carbocycles. The van der Waals surface area contributed by atoms with E-state index < -0.39 is 35.5 Å². The van der Waals surface area contributed by atoms with Crippen molar-refractivity contribution in [3.8, 4) is 0 Å². The van der Waals surface area contributed by atoms with Crippen LogP contribution in [0.1, 0.15) is 29.0 Å². The molecule has 0 bridgehead atoms. The van der Waals surface area contributed by atoms with Crippen LogP contribution in [0.15, 0.2) is 42.5 Å². The highest BCUT2D eigenvalue weighted by Crippen LogP contribution is 2.24. The first-order valence-corrected chi connectivity index (χ1v) is 5.77. The molecule has 0 aromatic heterocycles. The summed E-state index contributed by atoms with van der Waals surface area (Å²) < 4.78 is 42.8. The topological polar surface area (TPSA) is 37.4 Å². The van der Waals surface area contributed by atoms with Crippen molar-refractivity contribution in [3.05, 3.63) is 70.8 Å². The maximum atomic E-state index is 13.9. The molecular formula is C15H9F2NO2. The highest BCUT2D eigenvalue weighted by Gasteiger charge is 2.35. The van der Waals surface area contributed by atoms with Crippen LogP contribution < -0.4 is 0 Å². The Morgan fingerprint density at radius 2 is 1.60 bits per heavy atom. The van der Waals surface area contributed by atoms with Crippen molar-refractivity contribution in [2.45, 2.75) is 6.50 Å². The molecule has 2 amide bonds. The maximum absolute atomic E-state index is 13.9. The lowest BCUT2D eigenvalue weighted by molar-refractivity contribution is 0.0641. The van der Waals surface area contributed by atoms with E-state index in [4.69, 9.17) is 2.74 Å². The molecule has 1 aliphatic rings. The molecule has 0 spiro atoms. The summed E-state index contributed by atoms with van der Waals surface area (Å²) in [5.41, 5.74) is -0.471. The minimum atomic E-state index is -2.73. The summed E-state index contributed by atoms with van der Waals surface area (Å²) in [6, 6.07) is 8.14. The van der Waals surface area contributed by atoms with E-state index in [0.717, 1.165) is 12.1 Å². The first kappa shape index (κ1) is 10.3. The number of hydrogen-bond donors (Lipinski definition) is 0. The molecule has 1 aliphatic heterocycles. The van der Waals surface area contributed by atoms with Gasteiger partial charge in [0, 0.05) is 11.6 Å². The summed E-state index contributed by atoms with van der Waals surface area (Å²) in [6.45, 7) is -2.73. The lowest BCUT2D eigenvalue weighted by Gasteiger charge is -2.14. The van der Waals surface area contributed by atoms with E-state index in [9.17, 15) is 18.4 Å². The Morgan fingerprint density at radius 3 is 2.15 bits per heavy atom. The summed E-state index contributed by atoms with van der Waals surface area (Å²) >= 11 is 0. The second-order valence-corrected chi connectivity index (χ2v) is 4.23. The summed E-state index contributed by atoms with van der Waals surface area (Å²) in [5, 5.41) is 0. The zero-order valence-corrected chi connectivity index (χ0v) is 10.1. The minimum Gasteiger partial charge on any atom is -0.270 e. The van der Waals surface area contributed by atoms with Crippen LogP contribution >= 0.6 is 0 Å². The fraction of sp³-hybridized carbons (Fsp3) is 0.0667.